The van der Waals surface area contributed by atoms with Gasteiger partial charge in [0.15, 0.2) is 0 Å². The molecule has 1 aliphatic carbocycles. The Hall–Kier alpha value is -1.93. The number of nitrogens with zero attached hydrogens (tertiary/aromatic N) is 3. The molecule has 1 saturated carbocycles. The third-order valence-electron chi connectivity index (χ3n) is 3.16. The molecule has 0 radical (unpaired) electrons. The summed E-state index contributed by atoms with van der Waals surface area (Å²) in [6.45, 7) is 0.836. The Balaban J connectivity index is 1.73. The molecule has 1 aliphatic rings. The van der Waals surface area contributed by atoms with E-state index in [1.165, 1.54) is 36.3 Å². The Labute approximate surface area is 124 Å². The van der Waals surface area contributed by atoms with Gasteiger partial charge in [0.2, 0.25) is 0 Å². The lowest BCUT2D eigenvalue weighted by Gasteiger charge is -1.98. The summed E-state index contributed by atoms with van der Waals surface area (Å²) in [5.41, 5.74) is 0.109. The van der Waals surface area contributed by atoms with Crippen molar-refractivity contribution in [3.63, 3.8) is 0 Å². The predicted molar refractivity (Wildman–Crippen MR) is 76.7 cm³/mol. The molecular formula is C13H13FN4O2S. The van der Waals surface area contributed by atoms with Gasteiger partial charge in [-0.2, -0.15) is 0 Å². The van der Waals surface area contributed by atoms with Crippen molar-refractivity contribution in [2.75, 3.05) is 6.54 Å². The molecule has 1 heterocycles. The van der Waals surface area contributed by atoms with E-state index in [1.54, 1.807) is 0 Å². The number of nitro benzene ring substituents is 1. The zero-order valence-electron chi connectivity index (χ0n) is 11.1. The molecule has 8 heteroatoms. The van der Waals surface area contributed by atoms with Gasteiger partial charge < -0.3 is 5.32 Å². The van der Waals surface area contributed by atoms with Crippen LogP contribution in [-0.2, 0) is 6.42 Å². The predicted octanol–water partition coefficient (Wildman–Crippen LogP) is 2.55. The van der Waals surface area contributed by atoms with Crippen LogP contribution in [0.5, 0.6) is 0 Å². The second kappa shape index (κ2) is 5.82. The van der Waals surface area contributed by atoms with Crippen molar-refractivity contribution in [2.24, 2.45) is 0 Å². The van der Waals surface area contributed by atoms with Crippen molar-refractivity contribution in [1.82, 2.24) is 15.5 Å². The lowest BCUT2D eigenvalue weighted by Crippen LogP contribution is -2.19. The molecule has 0 unspecified atom stereocenters. The van der Waals surface area contributed by atoms with Crippen LogP contribution >= 0.6 is 11.3 Å². The maximum absolute atomic E-state index is 13.4. The minimum Gasteiger partial charge on any atom is -0.314 e. The molecule has 6 nitrogen and oxygen atoms in total. The number of benzene rings is 1. The van der Waals surface area contributed by atoms with Crippen LogP contribution < -0.4 is 5.32 Å². The van der Waals surface area contributed by atoms with Gasteiger partial charge >= 0.3 is 0 Å². The Morgan fingerprint density at radius 1 is 1.38 bits per heavy atom. The molecule has 2 aromatic rings. The molecule has 21 heavy (non-hydrogen) atoms. The van der Waals surface area contributed by atoms with E-state index in [-0.39, 0.29) is 5.69 Å². The third kappa shape index (κ3) is 3.59. The van der Waals surface area contributed by atoms with Crippen molar-refractivity contribution in [1.29, 1.82) is 0 Å². The van der Waals surface area contributed by atoms with Crippen molar-refractivity contribution >= 4 is 17.0 Å². The summed E-state index contributed by atoms with van der Waals surface area (Å²) in [5.74, 6) is -0.647. The van der Waals surface area contributed by atoms with Gasteiger partial charge in [0.25, 0.3) is 5.69 Å². The molecule has 3 rings (SSSR count). The number of rotatable bonds is 6. The number of nitro groups is 1. The number of aromatic nitrogens is 2. The van der Waals surface area contributed by atoms with E-state index in [1.807, 2.05) is 0 Å². The highest BCUT2D eigenvalue weighted by Crippen LogP contribution is 2.28. The molecule has 0 spiro atoms. The van der Waals surface area contributed by atoms with Crippen molar-refractivity contribution < 1.29 is 9.31 Å². The number of non-ortho nitro benzene ring substituents is 1. The summed E-state index contributed by atoms with van der Waals surface area (Å²) < 4.78 is 13.4. The standard InChI is InChI=1S/C13H13FN4O2S/c14-9-5-8(6-11(7-9)18(19)20)13-17-16-12(21-13)3-4-15-10-1-2-10/h5-7,10,15H,1-4H2. The molecule has 110 valence electrons. The summed E-state index contributed by atoms with van der Waals surface area (Å²) in [7, 11) is 0. The summed E-state index contributed by atoms with van der Waals surface area (Å²) in [6, 6.07) is 4.09. The average Bonchev–Trinajstić information content (AvgIpc) is 3.14. The zero-order valence-corrected chi connectivity index (χ0v) is 11.9. The van der Waals surface area contributed by atoms with E-state index in [9.17, 15) is 14.5 Å². The summed E-state index contributed by atoms with van der Waals surface area (Å²) in [4.78, 5) is 10.1. The SMILES string of the molecule is O=[N+]([O-])c1cc(F)cc(-c2nnc(CCNC3CC3)s2)c1. The maximum Gasteiger partial charge on any atom is 0.273 e. The Kier molecular flexibility index (Phi) is 3.89. The van der Waals surface area contributed by atoms with E-state index in [0.717, 1.165) is 24.0 Å². The van der Waals surface area contributed by atoms with E-state index >= 15 is 0 Å². The Bertz CT molecular complexity index is 672. The van der Waals surface area contributed by atoms with Crippen LogP contribution in [0.3, 0.4) is 0 Å². The van der Waals surface area contributed by atoms with Crippen LogP contribution in [0.2, 0.25) is 0 Å². The zero-order chi connectivity index (χ0) is 14.8. The number of nitrogens with one attached hydrogen (secondary N) is 1. The van der Waals surface area contributed by atoms with Crippen LogP contribution in [0.4, 0.5) is 10.1 Å². The summed E-state index contributed by atoms with van der Waals surface area (Å²) >= 11 is 1.34. The van der Waals surface area contributed by atoms with Crippen LogP contribution in [0.15, 0.2) is 18.2 Å². The highest BCUT2D eigenvalue weighted by atomic mass is 32.1. The quantitative estimate of drug-likeness (QED) is 0.655. The van der Waals surface area contributed by atoms with Gasteiger partial charge in [0.1, 0.15) is 15.8 Å². The van der Waals surface area contributed by atoms with Gasteiger partial charge in [-0.25, -0.2) is 4.39 Å². The van der Waals surface area contributed by atoms with Gasteiger partial charge in [0.05, 0.1) is 11.0 Å². The monoisotopic (exact) mass is 308 g/mol. The first-order valence-electron chi connectivity index (χ1n) is 6.63. The van der Waals surface area contributed by atoms with Crippen LogP contribution in [0, 0.1) is 15.9 Å². The largest absolute Gasteiger partial charge is 0.314 e. The second-order valence-corrected chi connectivity index (χ2v) is 6.00. The molecule has 1 aromatic heterocycles. The molecule has 1 aromatic carbocycles. The van der Waals surface area contributed by atoms with Crippen LogP contribution in [-0.4, -0.2) is 27.7 Å². The van der Waals surface area contributed by atoms with Crippen molar-refractivity contribution in [2.45, 2.75) is 25.3 Å². The third-order valence-corrected chi connectivity index (χ3v) is 4.19. The highest BCUT2D eigenvalue weighted by Gasteiger charge is 2.20. The van der Waals surface area contributed by atoms with Gasteiger partial charge in [-0.15, -0.1) is 10.2 Å². The average molecular weight is 308 g/mol. The maximum atomic E-state index is 13.4. The first kappa shape index (κ1) is 14.0. The first-order chi connectivity index (χ1) is 10.1. The number of hydrogen-bond donors (Lipinski definition) is 1. The van der Waals surface area contributed by atoms with E-state index in [2.05, 4.69) is 15.5 Å². The van der Waals surface area contributed by atoms with E-state index < -0.39 is 10.7 Å². The fourth-order valence-electron chi connectivity index (χ4n) is 1.95. The first-order valence-corrected chi connectivity index (χ1v) is 7.44. The smallest absolute Gasteiger partial charge is 0.273 e. The molecule has 0 aliphatic heterocycles. The van der Waals surface area contributed by atoms with Crippen LogP contribution in [0.25, 0.3) is 10.6 Å². The van der Waals surface area contributed by atoms with Crippen molar-refractivity contribution in [3.8, 4) is 10.6 Å². The topological polar surface area (TPSA) is 81.0 Å². The van der Waals surface area contributed by atoms with Crippen LogP contribution in [0.1, 0.15) is 17.8 Å². The van der Waals surface area contributed by atoms with Gasteiger partial charge in [-0.1, -0.05) is 11.3 Å². The Morgan fingerprint density at radius 2 is 2.19 bits per heavy atom. The minimum absolute atomic E-state index is 0.280. The van der Waals surface area contributed by atoms with Gasteiger partial charge in [-0.05, 0) is 18.9 Å². The lowest BCUT2D eigenvalue weighted by atomic mass is 10.2. The molecule has 1 fully saturated rings. The molecule has 1 N–H and O–H groups in total. The molecule has 0 amide bonds. The van der Waals surface area contributed by atoms with E-state index in [4.69, 9.17) is 0 Å². The summed E-state index contributed by atoms with van der Waals surface area (Å²) in [5, 5.41) is 23.5. The molecule has 0 saturated heterocycles. The lowest BCUT2D eigenvalue weighted by molar-refractivity contribution is -0.385. The normalized spacial score (nSPS) is 14.3. The fraction of sp³-hybridized carbons (Fsp3) is 0.385. The van der Waals surface area contributed by atoms with Gasteiger partial charge in [-0.3, -0.25) is 10.1 Å². The second-order valence-electron chi connectivity index (χ2n) is 4.93. The molecular weight excluding hydrogens is 295 g/mol. The van der Waals surface area contributed by atoms with E-state index in [0.29, 0.717) is 16.6 Å². The fourth-order valence-corrected chi connectivity index (χ4v) is 2.77. The Morgan fingerprint density at radius 3 is 2.90 bits per heavy atom. The minimum atomic E-state index is -0.647. The molecule has 0 bridgehead atoms. The number of halogens is 1. The molecule has 0 atom stereocenters. The van der Waals surface area contributed by atoms with Crippen molar-refractivity contribution in [3.05, 3.63) is 39.1 Å². The number of hydrogen-bond acceptors (Lipinski definition) is 6. The van der Waals surface area contributed by atoms with Gasteiger partial charge in [0, 0.05) is 30.6 Å². The summed E-state index contributed by atoms with van der Waals surface area (Å²) in [6.07, 6.45) is 3.22. The highest BCUT2D eigenvalue weighted by molar-refractivity contribution is 7.14.